The Balaban J connectivity index is 1.71. The quantitative estimate of drug-likeness (QED) is 0.289. The highest BCUT2D eigenvalue weighted by molar-refractivity contribution is 5.79. The Hall–Kier alpha value is -0.930. The van der Waals surface area contributed by atoms with E-state index in [0.29, 0.717) is 25.3 Å². The summed E-state index contributed by atoms with van der Waals surface area (Å²) < 4.78 is 11.2. The van der Waals surface area contributed by atoms with Gasteiger partial charge in [0.1, 0.15) is 0 Å². The third-order valence-electron chi connectivity index (χ3n) is 5.03. The summed E-state index contributed by atoms with van der Waals surface area (Å²) in [5.41, 5.74) is -0.847. The standard InChI is InChI=1S/C20H41N5O3/c1-5-21-19(22-7-6-8-25-13-17(2)28-18(3)14-25)23-15-20(4,26)16-24-9-11-27-12-10-24/h17-18,26H,5-16H2,1-4H3,(H2,21,22,23). The van der Waals surface area contributed by atoms with Crippen molar-refractivity contribution in [3.8, 4) is 0 Å². The molecule has 2 saturated heterocycles. The summed E-state index contributed by atoms with van der Waals surface area (Å²) in [6.45, 7) is 17.1. The molecule has 2 aliphatic heterocycles. The van der Waals surface area contributed by atoms with Gasteiger partial charge in [-0.25, -0.2) is 0 Å². The first-order valence-corrected chi connectivity index (χ1v) is 10.8. The molecule has 3 unspecified atom stereocenters. The van der Waals surface area contributed by atoms with Crippen LogP contribution in [0.25, 0.3) is 0 Å². The third kappa shape index (κ3) is 9.05. The van der Waals surface area contributed by atoms with Crippen molar-refractivity contribution in [1.29, 1.82) is 0 Å². The molecule has 28 heavy (non-hydrogen) atoms. The topological polar surface area (TPSA) is 81.6 Å². The number of guanidine groups is 1. The summed E-state index contributed by atoms with van der Waals surface area (Å²) in [6.07, 6.45) is 1.67. The number of nitrogens with one attached hydrogen (secondary N) is 2. The zero-order valence-corrected chi connectivity index (χ0v) is 18.2. The van der Waals surface area contributed by atoms with Gasteiger partial charge in [0.2, 0.25) is 0 Å². The molecule has 2 aliphatic rings. The van der Waals surface area contributed by atoms with Crippen molar-refractivity contribution < 1.29 is 14.6 Å². The Kier molecular flexibility index (Phi) is 9.94. The molecule has 0 aromatic rings. The van der Waals surface area contributed by atoms with E-state index in [2.05, 4.69) is 46.2 Å². The van der Waals surface area contributed by atoms with E-state index in [4.69, 9.17) is 9.47 Å². The van der Waals surface area contributed by atoms with E-state index in [-0.39, 0.29) is 0 Å². The minimum absolute atomic E-state index is 0.310. The normalized spacial score (nSPS) is 27.4. The van der Waals surface area contributed by atoms with Gasteiger partial charge in [0.05, 0.1) is 37.6 Å². The largest absolute Gasteiger partial charge is 0.387 e. The molecule has 0 aliphatic carbocycles. The van der Waals surface area contributed by atoms with Crippen molar-refractivity contribution in [3.63, 3.8) is 0 Å². The molecular formula is C20H41N5O3. The summed E-state index contributed by atoms with van der Waals surface area (Å²) in [4.78, 5) is 9.32. The van der Waals surface area contributed by atoms with Crippen LogP contribution in [0.1, 0.15) is 34.1 Å². The molecule has 3 N–H and O–H groups in total. The molecule has 0 bridgehead atoms. The molecule has 2 rings (SSSR count). The second-order valence-electron chi connectivity index (χ2n) is 8.38. The molecule has 0 aromatic heterocycles. The number of ether oxygens (including phenoxy) is 2. The SMILES string of the molecule is CCNC(=NCC(C)(O)CN1CCOCC1)NCCCN1CC(C)OC(C)C1. The molecular weight excluding hydrogens is 358 g/mol. The Morgan fingerprint density at radius 2 is 1.82 bits per heavy atom. The lowest BCUT2D eigenvalue weighted by Crippen LogP contribution is -2.48. The molecule has 8 nitrogen and oxygen atoms in total. The molecule has 0 spiro atoms. The first-order valence-electron chi connectivity index (χ1n) is 10.8. The van der Waals surface area contributed by atoms with Gasteiger partial charge in [0.15, 0.2) is 5.96 Å². The predicted molar refractivity (Wildman–Crippen MR) is 113 cm³/mol. The van der Waals surface area contributed by atoms with Crippen LogP contribution >= 0.6 is 0 Å². The Bertz CT molecular complexity index is 459. The third-order valence-corrected chi connectivity index (χ3v) is 5.03. The van der Waals surface area contributed by atoms with Gasteiger partial charge >= 0.3 is 0 Å². The van der Waals surface area contributed by atoms with Gasteiger partial charge in [0.25, 0.3) is 0 Å². The lowest BCUT2D eigenvalue weighted by Gasteiger charge is -2.35. The smallest absolute Gasteiger partial charge is 0.191 e. The zero-order chi connectivity index (χ0) is 20.4. The van der Waals surface area contributed by atoms with Crippen LogP contribution in [0.15, 0.2) is 4.99 Å². The average Bonchev–Trinajstić information content (AvgIpc) is 2.63. The van der Waals surface area contributed by atoms with E-state index in [1.165, 1.54) is 0 Å². The maximum atomic E-state index is 10.7. The monoisotopic (exact) mass is 399 g/mol. The second kappa shape index (κ2) is 11.9. The average molecular weight is 400 g/mol. The van der Waals surface area contributed by atoms with Gasteiger partial charge in [-0.3, -0.25) is 14.8 Å². The lowest BCUT2D eigenvalue weighted by atomic mass is 10.1. The van der Waals surface area contributed by atoms with Gasteiger partial charge in [-0.2, -0.15) is 0 Å². The number of aliphatic imine (C=N–C) groups is 1. The fraction of sp³-hybridized carbons (Fsp3) is 0.950. The molecule has 0 saturated carbocycles. The van der Waals surface area contributed by atoms with Crippen LogP contribution in [-0.2, 0) is 9.47 Å². The predicted octanol–water partition coefficient (Wildman–Crippen LogP) is 0.124. The number of hydrogen-bond acceptors (Lipinski definition) is 6. The van der Waals surface area contributed by atoms with Gasteiger partial charge < -0.3 is 25.2 Å². The number of hydrogen-bond donors (Lipinski definition) is 3. The molecule has 0 amide bonds. The molecule has 8 heteroatoms. The summed E-state index contributed by atoms with van der Waals surface area (Å²) in [6, 6.07) is 0. The summed E-state index contributed by atoms with van der Waals surface area (Å²) in [7, 11) is 0. The van der Waals surface area contributed by atoms with E-state index < -0.39 is 5.60 Å². The van der Waals surface area contributed by atoms with Crippen LogP contribution in [0.4, 0.5) is 0 Å². The van der Waals surface area contributed by atoms with Crippen molar-refractivity contribution in [1.82, 2.24) is 20.4 Å². The minimum Gasteiger partial charge on any atom is -0.387 e. The zero-order valence-electron chi connectivity index (χ0n) is 18.2. The maximum absolute atomic E-state index is 10.7. The molecule has 164 valence electrons. The maximum Gasteiger partial charge on any atom is 0.191 e. The first-order chi connectivity index (χ1) is 13.4. The Morgan fingerprint density at radius 3 is 2.46 bits per heavy atom. The Morgan fingerprint density at radius 1 is 1.14 bits per heavy atom. The van der Waals surface area contributed by atoms with Crippen LogP contribution in [-0.4, -0.2) is 111 Å². The van der Waals surface area contributed by atoms with E-state index in [1.54, 1.807) is 0 Å². The van der Waals surface area contributed by atoms with Crippen molar-refractivity contribution >= 4 is 5.96 Å². The lowest BCUT2D eigenvalue weighted by molar-refractivity contribution is -0.0679. The van der Waals surface area contributed by atoms with Gasteiger partial charge in [-0.05, 0) is 34.1 Å². The molecule has 0 aromatic carbocycles. The number of β-amino-alcohol motifs (C(OH)–C–C–N with tert-alkyl or cyclic N) is 1. The van der Waals surface area contributed by atoms with Crippen LogP contribution in [0.3, 0.4) is 0 Å². The van der Waals surface area contributed by atoms with E-state index in [9.17, 15) is 5.11 Å². The molecule has 2 fully saturated rings. The van der Waals surface area contributed by atoms with Gasteiger partial charge in [-0.15, -0.1) is 0 Å². The fourth-order valence-corrected chi connectivity index (χ4v) is 3.86. The van der Waals surface area contributed by atoms with Gasteiger partial charge in [-0.1, -0.05) is 0 Å². The number of rotatable bonds is 9. The number of aliphatic hydroxyl groups is 1. The summed E-state index contributed by atoms with van der Waals surface area (Å²) in [5, 5.41) is 17.4. The van der Waals surface area contributed by atoms with E-state index >= 15 is 0 Å². The molecule has 3 atom stereocenters. The minimum atomic E-state index is -0.847. The summed E-state index contributed by atoms with van der Waals surface area (Å²) >= 11 is 0. The van der Waals surface area contributed by atoms with Gasteiger partial charge in [0, 0.05) is 52.4 Å². The van der Waals surface area contributed by atoms with Crippen LogP contribution in [0, 0.1) is 0 Å². The number of morpholine rings is 2. The number of nitrogens with zero attached hydrogens (tertiary/aromatic N) is 3. The van der Waals surface area contributed by atoms with Crippen LogP contribution in [0.2, 0.25) is 0 Å². The first kappa shape index (κ1) is 23.3. The highest BCUT2D eigenvalue weighted by Gasteiger charge is 2.25. The van der Waals surface area contributed by atoms with Crippen molar-refractivity contribution in [2.75, 3.05) is 72.1 Å². The van der Waals surface area contributed by atoms with Crippen molar-refractivity contribution in [3.05, 3.63) is 0 Å². The van der Waals surface area contributed by atoms with E-state index in [1.807, 2.05) is 6.92 Å². The van der Waals surface area contributed by atoms with Crippen LogP contribution in [0.5, 0.6) is 0 Å². The fourth-order valence-electron chi connectivity index (χ4n) is 3.86. The van der Waals surface area contributed by atoms with Crippen molar-refractivity contribution in [2.45, 2.75) is 51.9 Å². The van der Waals surface area contributed by atoms with Crippen molar-refractivity contribution in [2.24, 2.45) is 4.99 Å². The highest BCUT2D eigenvalue weighted by atomic mass is 16.5. The van der Waals surface area contributed by atoms with E-state index in [0.717, 1.165) is 71.4 Å². The summed E-state index contributed by atoms with van der Waals surface area (Å²) in [5.74, 6) is 0.772. The second-order valence-corrected chi connectivity index (χ2v) is 8.38. The van der Waals surface area contributed by atoms with Crippen LogP contribution < -0.4 is 10.6 Å². The highest BCUT2D eigenvalue weighted by Crippen LogP contribution is 2.11. The molecule has 0 radical (unpaired) electrons. The Labute approximate surface area is 170 Å². The molecule has 2 heterocycles.